The normalized spacial score (nSPS) is 25.1. The van der Waals surface area contributed by atoms with Gasteiger partial charge in [0, 0.05) is 37.1 Å². The quantitative estimate of drug-likeness (QED) is 0.890. The van der Waals surface area contributed by atoms with Gasteiger partial charge in [0.15, 0.2) is 0 Å². The molecule has 3 rings (SSSR count). The summed E-state index contributed by atoms with van der Waals surface area (Å²) < 4.78 is 0. The van der Waals surface area contributed by atoms with Crippen LogP contribution in [-0.4, -0.2) is 30.6 Å². The molecule has 116 valence electrons. The Morgan fingerprint density at radius 3 is 3.10 bits per heavy atom. The number of anilines is 1. The lowest BCUT2D eigenvalue weighted by molar-refractivity contribution is 0.525. The summed E-state index contributed by atoms with van der Waals surface area (Å²) in [6, 6.07) is 7.77. The van der Waals surface area contributed by atoms with E-state index in [0.717, 1.165) is 17.8 Å². The van der Waals surface area contributed by atoms with Crippen LogP contribution in [0, 0.1) is 0 Å². The Morgan fingerprint density at radius 2 is 2.24 bits per heavy atom. The summed E-state index contributed by atoms with van der Waals surface area (Å²) in [6.45, 7) is 4.50. The van der Waals surface area contributed by atoms with Crippen molar-refractivity contribution in [3.63, 3.8) is 0 Å². The van der Waals surface area contributed by atoms with Crippen LogP contribution in [0.1, 0.15) is 43.7 Å². The van der Waals surface area contributed by atoms with Gasteiger partial charge in [-0.1, -0.05) is 19.1 Å². The molecule has 0 bridgehead atoms. The SMILES string of the molecule is CCSC1CCC(NCc2ccc3c(c2)CCCN3C)C1. The van der Waals surface area contributed by atoms with Gasteiger partial charge in [-0.15, -0.1) is 0 Å². The van der Waals surface area contributed by atoms with E-state index < -0.39 is 0 Å². The third-order valence-corrected chi connectivity index (χ3v) is 6.11. The number of benzene rings is 1. The molecule has 0 saturated heterocycles. The number of nitrogens with one attached hydrogen (secondary N) is 1. The van der Waals surface area contributed by atoms with E-state index in [1.165, 1.54) is 61.2 Å². The van der Waals surface area contributed by atoms with E-state index in [-0.39, 0.29) is 0 Å². The minimum absolute atomic E-state index is 0.729. The lowest BCUT2D eigenvalue weighted by Gasteiger charge is -2.28. The van der Waals surface area contributed by atoms with Gasteiger partial charge in [-0.2, -0.15) is 11.8 Å². The average Bonchev–Trinajstić information content (AvgIpc) is 2.93. The maximum atomic E-state index is 3.78. The van der Waals surface area contributed by atoms with Crippen LogP contribution in [0.15, 0.2) is 18.2 Å². The summed E-state index contributed by atoms with van der Waals surface area (Å²) in [5.41, 5.74) is 4.43. The number of hydrogen-bond acceptors (Lipinski definition) is 3. The molecule has 2 nitrogen and oxygen atoms in total. The van der Waals surface area contributed by atoms with Crippen LogP contribution < -0.4 is 10.2 Å². The number of fused-ring (bicyclic) bond motifs is 1. The highest BCUT2D eigenvalue weighted by atomic mass is 32.2. The minimum Gasteiger partial charge on any atom is -0.374 e. The van der Waals surface area contributed by atoms with Crippen LogP contribution in [0.4, 0.5) is 5.69 Å². The van der Waals surface area contributed by atoms with Gasteiger partial charge >= 0.3 is 0 Å². The molecule has 0 radical (unpaired) electrons. The van der Waals surface area contributed by atoms with Crippen LogP contribution in [0.3, 0.4) is 0 Å². The molecule has 1 heterocycles. The topological polar surface area (TPSA) is 15.3 Å². The monoisotopic (exact) mass is 304 g/mol. The second-order valence-corrected chi connectivity index (χ2v) is 8.03. The first-order valence-electron chi connectivity index (χ1n) is 8.44. The van der Waals surface area contributed by atoms with Crippen molar-refractivity contribution in [3.8, 4) is 0 Å². The number of rotatable bonds is 5. The Labute approximate surface area is 133 Å². The van der Waals surface area contributed by atoms with Gasteiger partial charge in [0.1, 0.15) is 0 Å². The molecule has 0 spiro atoms. The Kier molecular flexibility index (Phi) is 5.12. The van der Waals surface area contributed by atoms with Crippen molar-refractivity contribution in [2.75, 3.05) is 24.2 Å². The van der Waals surface area contributed by atoms with Crippen LogP contribution in [0.5, 0.6) is 0 Å². The third kappa shape index (κ3) is 3.75. The van der Waals surface area contributed by atoms with Gasteiger partial charge < -0.3 is 10.2 Å². The van der Waals surface area contributed by atoms with Crippen molar-refractivity contribution in [2.45, 2.75) is 56.9 Å². The van der Waals surface area contributed by atoms with Gasteiger partial charge in [0.2, 0.25) is 0 Å². The summed E-state index contributed by atoms with van der Waals surface area (Å²) in [5, 5.41) is 4.67. The summed E-state index contributed by atoms with van der Waals surface area (Å²) in [4.78, 5) is 2.39. The molecule has 0 amide bonds. The molecule has 2 atom stereocenters. The first-order chi connectivity index (χ1) is 10.3. The molecule has 3 heteroatoms. The maximum Gasteiger partial charge on any atom is 0.0396 e. The maximum absolute atomic E-state index is 3.78. The highest BCUT2D eigenvalue weighted by Crippen LogP contribution is 2.30. The third-order valence-electron chi connectivity index (χ3n) is 4.88. The van der Waals surface area contributed by atoms with Gasteiger partial charge in [-0.25, -0.2) is 0 Å². The van der Waals surface area contributed by atoms with Crippen molar-refractivity contribution >= 4 is 17.4 Å². The highest BCUT2D eigenvalue weighted by molar-refractivity contribution is 7.99. The zero-order valence-corrected chi connectivity index (χ0v) is 14.2. The second-order valence-electron chi connectivity index (χ2n) is 6.46. The zero-order chi connectivity index (χ0) is 14.7. The molecule has 2 unspecified atom stereocenters. The van der Waals surface area contributed by atoms with Gasteiger partial charge in [-0.05, 0) is 55.1 Å². The Balaban J connectivity index is 1.54. The molecule has 1 aliphatic heterocycles. The van der Waals surface area contributed by atoms with Crippen molar-refractivity contribution in [2.24, 2.45) is 0 Å². The van der Waals surface area contributed by atoms with E-state index in [2.05, 4.69) is 54.1 Å². The molecule has 21 heavy (non-hydrogen) atoms. The Bertz CT molecular complexity index is 474. The number of hydrogen-bond donors (Lipinski definition) is 1. The van der Waals surface area contributed by atoms with E-state index in [1.807, 2.05) is 0 Å². The number of nitrogens with zero attached hydrogens (tertiary/aromatic N) is 1. The predicted molar refractivity (Wildman–Crippen MR) is 94.4 cm³/mol. The second kappa shape index (κ2) is 7.06. The van der Waals surface area contributed by atoms with Crippen LogP contribution in [0.2, 0.25) is 0 Å². The average molecular weight is 305 g/mol. The van der Waals surface area contributed by atoms with Crippen molar-refractivity contribution in [3.05, 3.63) is 29.3 Å². The lowest BCUT2D eigenvalue weighted by atomic mass is 9.99. The van der Waals surface area contributed by atoms with Crippen LogP contribution in [-0.2, 0) is 13.0 Å². The van der Waals surface area contributed by atoms with E-state index in [0.29, 0.717) is 0 Å². The number of aryl methyl sites for hydroxylation is 1. The van der Waals surface area contributed by atoms with Crippen molar-refractivity contribution < 1.29 is 0 Å². The zero-order valence-electron chi connectivity index (χ0n) is 13.4. The molecular formula is C18H28N2S. The molecule has 1 aliphatic carbocycles. The predicted octanol–water partition coefficient (Wildman–Crippen LogP) is 3.83. The van der Waals surface area contributed by atoms with Gasteiger partial charge in [-0.3, -0.25) is 0 Å². The minimum atomic E-state index is 0.729. The first kappa shape index (κ1) is 15.2. The fourth-order valence-corrected chi connectivity index (χ4v) is 4.87. The van der Waals surface area contributed by atoms with Gasteiger partial charge in [0.05, 0.1) is 0 Å². The van der Waals surface area contributed by atoms with Crippen molar-refractivity contribution in [1.29, 1.82) is 0 Å². The summed E-state index contributed by atoms with van der Waals surface area (Å²) >= 11 is 2.14. The van der Waals surface area contributed by atoms with E-state index in [1.54, 1.807) is 0 Å². The molecule has 1 saturated carbocycles. The van der Waals surface area contributed by atoms with E-state index in [9.17, 15) is 0 Å². The molecule has 0 aromatic heterocycles. The fourth-order valence-electron chi connectivity index (χ4n) is 3.72. The van der Waals surface area contributed by atoms with E-state index in [4.69, 9.17) is 0 Å². The summed E-state index contributed by atoms with van der Waals surface area (Å²) in [7, 11) is 2.21. The van der Waals surface area contributed by atoms with Crippen molar-refractivity contribution in [1.82, 2.24) is 5.32 Å². The fraction of sp³-hybridized carbons (Fsp3) is 0.667. The van der Waals surface area contributed by atoms with Gasteiger partial charge in [0.25, 0.3) is 0 Å². The Hall–Kier alpha value is -0.670. The lowest BCUT2D eigenvalue weighted by Crippen LogP contribution is -2.27. The first-order valence-corrected chi connectivity index (χ1v) is 9.49. The number of thioether (sulfide) groups is 1. The molecule has 1 aromatic carbocycles. The largest absolute Gasteiger partial charge is 0.374 e. The van der Waals surface area contributed by atoms with Crippen LogP contribution in [0.25, 0.3) is 0 Å². The smallest absolute Gasteiger partial charge is 0.0396 e. The highest BCUT2D eigenvalue weighted by Gasteiger charge is 2.24. The standard InChI is InChI=1S/C18H28N2S/c1-3-21-17-8-7-16(12-17)19-13-14-6-9-18-15(11-14)5-4-10-20(18)2/h6,9,11,16-17,19H,3-5,7-8,10,12-13H2,1-2H3. The molecule has 2 aliphatic rings. The Morgan fingerprint density at radius 1 is 1.33 bits per heavy atom. The van der Waals surface area contributed by atoms with Crippen LogP contribution >= 0.6 is 11.8 Å². The molecule has 1 N–H and O–H groups in total. The van der Waals surface area contributed by atoms with E-state index >= 15 is 0 Å². The molecule has 1 aromatic rings. The molecule has 1 fully saturated rings. The molecular weight excluding hydrogens is 276 g/mol. The summed E-state index contributed by atoms with van der Waals surface area (Å²) in [6.07, 6.45) is 6.63. The summed E-state index contributed by atoms with van der Waals surface area (Å²) in [5.74, 6) is 1.26.